The van der Waals surface area contributed by atoms with Crippen molar-refractivity contribution in [2.45, 2.75) is 13.5 Å². The number of pyridine rings is 1. The van der Waals surface area contributed by atoms with Crippen LogP contribution in [-0.4, -0.2) is 33.8 Å². The lowest BCUT2D eigenvalue weighted by atomic mass is 10.3. The van der Waals surface area contributed by atoms with Crippen molar-refractivity contribution in [2.24, 2.45) is 0 Å². The van der Waals surface area contributed by atoms with Gasteiger partial charge in [0.2, 0.25) is 0 Å². The Kier molecular flexibility index (Phi) is 4.17. The van der Waals surface area contributed by atoms with E-state index in [2.05, 4.69) is 9.88 Å². The molecule has 4 nitrogen and oxygen atoms in total. The molecule has 0 aromatic carbocycles. The molecule has 0 amide bonds. The minimum Gasteiger partial charge on any atom is -0.367 e. The van der Waals surface area contributed by atoms with E-state index in [9.17, 15) is 4.79 Å². The van der Waals surface area contributed by atoms with E-state index >= 15 is 0 Å². The van der Waals surface area contributed by atoms with E-state index in [0.29, 0.717) is 6.54 Å². The third-order valence-electron chi connectivity index (χ3n) is 3.39. The highest BCUT2D eigenvalue weighted by Crippen LogP contribution is 2.25. The van der Waals surface area contributed by atoms with Gasteiger partial charge in [-0.05, 0) is 25.1 Å². The van der Waals surface area contributed by atoms with Gasteiger partial charge in [-0.3, -0.25) is 14.3 Å². The van der Waals surface area contributed by atoms with Crippen molar-refractivity contribution < 1.29 is 0 Å². The molecule has 6 heteroatoms. The molecule has 0 atom stereocenters. The Labute approximate surface area is 131 Å². The standard InChI is InChI=1S/C15H17N3OS2/c1-3-18-12(10-11-6-4-5-7-16-11)21-13(14(18)19)15-17(2)8-9-20-15/h4-7,10H,3,8-9H2,1-2H3/b12-10-,15-13+. The highest BCUT2D eigenvalue weighted by atomic mass is 32.2. The van der Waals surface area contributed by atoms with Crippen molar-refractivity contribution in [3.8, 4) is 0 Å². The Balaban J connectivity index is 2.24. The molecule has 110 valence electrons. The Hall–Kier alpha value is -1.53. The summed E-state index contributed by atoms with van der Waals surface area (Å²) in [5, 5.41) is 1.10. The number of hydrogen-bond acceptors (Lipinski definition) is 5. The first-order chi connectivity index (χ1) is 10.2. The highest BCUT2D eigenvalue weighted by Gasteiger charge is 2.17. The zero-order chi connectivity index (χ0) is 14.8. The van der Waals surface area contributed by atoms with E-state index in [-0.39, 0.29) is 5.56 Å². The third kappa shape index (κ3) is 2.78. The van der Waals surface area contributed by atoms with Gasteiger partial charge < -0.3 is 4.90 Å². The maximum Gasteiger partial charge on any atom is 0.271 e. The Morgan fingerprint density at radius 2 is 2.29 bits per heavy atom. The van der Waals surface area contributed by atoms with Crippen LogP contribution in [0.1, 0.15) is 12.6 Å². The largest absolute Gasteiger partial charge is 0.367 e. The van der Waals surface area contributed by atoms with Crippen LogP contribution in [0.15, 0.2) is 29.2 Å². The first-order valence-electron chi connectivity index (χ1n) is 6.91. The number of hydrogen-bond donors (Lipinski definition) is 0. The second kappa shape index (κ2) is 6.07. The molecule has 0 bridgehead atoms. The summed E-state index contributed by atoms with van der Waals surface area (Å²) in [6.45, 7) is 3.68. The SMILES string of the molecule is CCn1c(=O)/c(=C2\SCCN2C)s/c1=C\c1ccccn1. The number of thiazole rings is 1. The van der Waals surface area contributed by atoms with Crippen molar-refractivity contribution >= 4 is 34.2 Å². The quantitative estimate of drug-likeness (QED) is 0.824. The summed E-state index contributed by atoms with van der Waals surface area (Å²) in [6, 6.07) is 5.80. The molecule has 0 unspecified atom stereocenters. The summed E-state index contributed by atoms with van der Waals surface area (Å²) < 4.78 is 3.64. The second-order valence-corrected chi connectivity index (χ2v) is 6.91. The van der Waals surface area contributed by atoms with Gasteiger partial charge in [0.15, 0.2) is 0 Å². The van der Waals surface area contributed by atoms with Crippen molar-refractivity contribution in [1.29, 1.82) is 0 Å². The molecule has 0 N–H and O–H groups in total. The smallest absolute Gasteiger partial charge is 0.271 e. The van der Waals surface area contributed by atoms with Crippen molar-refractivity contribution in [3.05, 3.63) is 49.6 Å². The van der Waals surface area contributed by atoms with Crippen LogP contribution >= 0.6 is 23.1 Å². The normalized spacial score (nSPS) is 18.6. The van der Waals surface area contributed by atoms with Crippen LogP contribution < -0.4 is 14.8 Å². The van der Waals surface area contributed by atoms with Crippen molar-refractivity contribution in [1.82, 2.24) is 14.5 Å². The monoisotopic (exact) mass is 319 g/mol. The lowest BCUT2D eigenvalue weighted by Gasteiger charge is -2.08. The minimum absolute atomic E-state index is 0.112. The molecule has 0 aliphatic carbocycles. The Bertz CT molecular complexity index is 808. The molecule has 2 aromatic rings. The number of thioether (sulfide) groups is 1. The van der Waals surface area contributed by atoms with E-state index in [4.69, 9.17) is 0 Å². The van der Waals surface area contributed by atoms with E-state index in [1.54, 1.807) is 29.3 Å². The molecule has 0 spiro atoms. The van der Waals surface area contributed by atoms with Crippen LogP contribution in [0.3, 0.4) is 0 Å². The van der Waals surface area contributed by atoms with Crippen LogP contribution in [-0.2, 0) is 6.54 Å². The molecule has 0 saturated carbocycles. The maximum atomic E-state index is 12.6. The third-order valence-corrected chi connectivity index (χ3v) is 5.82. The lowest BCUT2D eigenvalue weighted by molar-refractivity contribution is 0.538. The molecule has 2 aromatic heterocycles. The van der Waals surface area contributed by atoms with Crippen LogP contribution in [0.5, 0.6) is 0 Å². The van der Waals surface area contributed by atoms with Gasteiger partial charge in [0.25, 0.3) is 5.56 Å². The van der Waals surface area contributed by atoms with Gasteiger partial charge in [0.1, 0.15) is 9.20 Å². The molecule has 21 heavy (non-hydrogen) atoms. The van der Waals surface area contributed by atoms with E-state index < -0.39 is 0 Å². The van der Waals surface area contributed by atoms with Gasteiger partial charge in [-0.2, -0.15) is 0 Å². The summed E-state index contributed by atoms with van der Waals surface area (Å²) in [5.41, 5.74) is 0.992. The lowest BCUT2D eigenvalue weighted by Crippen LogP contribution is -2.33. The van der Waals surface area contributed by atoms with Crippen LogP contribution in [0.25, 0.3) is 11.1 Å². The van der Waals surface area contributed by atoms with Crippen molar-refractivity contribution in [3.63, 3.8) is 0 Å². The van der Waals surface area contributed by atoms with E-state index in [1.165, 1.54) is 0 Å². The van der Waals surface area contributed by atoms with Crippen LogP contribution in [0.2, 0.25) is 0 Å². The Morgan fingerprint density at radius 1 is 1.43 bits per heavy atom. The number of nitrogens with zero attached hydrogens (tertiary/aromatic N) is 3. The summed E-state index contributed by atoms with van der Waals surface area (Å²) >= 11 is 3.33. The molecule has 3 heterocycles. The Morgan fingerprint density at radius 3 is 2.90 bits per heavy atom. The minimum atomic E-state index is 0.112. The summed E-state index contributed by atoms with van der Waals surface area (Å²) in [4.78, 5) is 19.1. The summed E-state index contributed by atoms with van der Waals surface area (Å²) in [5.74, 6) is 1.05. The van der Waals surface area contributed by atoms with Gasteiger partial charge in [0.05, 0.1) is 10.7 Å². The maximum absolute atomic E-state index is 12.6. The first kappa shape index (κ1) is 14.4. The van der Waals surface area contributed by atoms with Gasteiger partial charge >= 0.3 is 0 Å². The zero-order valence-corrected chi connectivity index (χ0v) is 13.7. The fraction of sp³-hybridized carbons (Fsp3) is 0.333. The first-order valence-corrected chi connectivity index (χ1v) is 8.71. The summed E-state index contributed by atoms with van der Waals surface area (Å²) in [6.07, 6.45) is 3.75. The summed E-state index contributed by atoms with van der Waals surface area (Å²) in [7, 11) is 2.05. The average Bonchev–Trinajstić information content (AvgIpc) is 3.04. The predicted octanol–water partition coefficient (Wildman–Crippen LogP) is 0.898. The average molecular weight is 319 g/mol. The van der Waals surface area contributed by atoms with Crippen molar-refractivity contribution in [2.75, 3.05) is 19.3 Å². The molecule has 1 fully saturated rings. The molecular formula is C15H17N3OS2. The molecule has 3 rings (SSSR count). The number of aromatic nitrogens is 2. The second-order valence-electron chi connectivity index (χ2n) is 4.79. The van der Waals surface area contributed by atoms with E-state index in [0.717, 1.165) is 32.2 Å². The molecule has 1 saturated heterocycles. The van der Waals surface area contributed by atoms with Gasteiger partial charge in [0, 0.05) is 32.1 Å². The van der Waals surface area contributed by atoms with E-state index in [1.807, 2.05) is 42.8 Å². The topological polar surface area (TPSA) is 38.1 Å². The molecule has 0 radical (unpaired) electrons. The van der Waals surface area contributed by atoms with Gasteiger partial charge in [-0.25, -0.2) is 0 Å². The molecule has 1 aliphatic heterocycles. The fourth-order valence-electron chi connectivity index (χ4n) is 2.29. The molecular weight excluding hydrogens is 302 g/mol. The van der Waals surface area contributed by atoms with Crippen LogP contribution in [0.4, 0.5) is 0 Å². The highest BCUT2D eigenvalue weighted by molar-refractivity contribution is 8.08. The van der Waals surface area contributed by atoms with Crippen LogP contribution in [0, 0.1) is 0 Å². The van der Waals surface area contributed by atoms with Gasteiger partial charge in [-0.15, -0.1) is 23.1 Å². The van der Waals surface area contributed by atoms with Gasteiger partial charge in [-0.1, -0.05) is 6.07 Å². The zero-order valence-electron chi connectivity index (χ0n) is 12.1. The predicted molar refractivity (Wildman–Crippen MR) is 89.8 cm³/mol. The fourth-order valence-corrected chi connectivity index (χ4v) is 4.83. The molecule has 1 aliphatic rings. The number of rotatable bonds is 2.